The lowest BCUT2D eigenvalue weighted by Crippen LogP contribution is -2.52. The molecule has 7 heteroatoms. The second-order valence-electron chi connectivity index (χ2n) is 6.59. The number of hydrogen-bond donors (Lipinski definition) is 1. The van der Waals surface area contributed by atoms with Crippen LogP contribution in [0.2, 0.25) is 0 Å². The summed E-state index contributed by atoms with van der Waals surface area (Å²) in [5.74, 6) is 1.88. The average Bonchev–Trinajstić information content (AvgIpc) is 3.03. The van der Waals surface area contributed by atoms with Crippen molar-refractivity contribution in [2.45, 2.75) is 27.3 Å². The highest BCUT2D eigenvalue weighted by molar-refractivity contribution is 7.11. The van der Waals surface area contributed by atoms with Gasteiger partial charge in [0.25, 0.3) is 0 Å². The number of rotatable bonds is 5. The molecule has 1 aromatic heterocycles. The van der Waals surface area contributed by atoms with Crippen LogP contribution in [0.15, 0.2) is 29.3 Å². The van der Waals surface area contributed by atoms with Crippen LogP contribution in [0.5, 0.6) is 5.75 Å². The Morgan fingerprint density at radius 3 is 2.44 bits per heavy atom. The third kappa shape index (κ3) is 4.91. The molecule has 0 spiro atoms. The van der Waals surface area contributed by atoms with Crippen molar-refractivity contribution in [1.82, 2.24) is 15.2 Å². The fraction of sp³-hybridized carbons (Fsp3) is 0.500. The number of anilines is 1. The maximum absolute atomic E-state index is 5.25. The highest BCUT2D eigenvalue weighted by atomic mass is 32.1. The van der Waals surface area contributed by atoms with E-state index < -0.39 is 0 Å². The van der Waals surface area contributed by atoms with E-state index in [2.05, 4.69) is 53.0 Å². The molecule has 0 bridgehead atoms. The average molecular weight is 388 g/mol. The lowest BCUT2D eigenvalue weighted by Gasteiger charge is -2.37. The molecule has 3 rings (SSSR count). The largest absolute Gasteiger partial charge is 0.497 e. The Bertz CT molecular complexity index is 744. The van der Waals surface area contributed by atoms with Crippen molar-refractivity contribution in [2.75, 3.05) is 44.7 Å². The normalized spacial score (nSPS) is 15.2. The van der Waals surface area contributed by atoms with Crippen molar-refractivity contribution in [3.05, 3.63) is 39.8 Å². The van der Waals surface area contributed by atoms with Gasteiger partial charge >= 0.3 is 0 Å². The van der Waals surface area contributed by atoms with Crippen molar-refractivity contribution in [3.63, 3.8) is 0 Å². The number of guanidine groups is 1. The molecule has 1 aliphatic rings. The van der Waals surface area contributed by atoms with Gasteiger partial charge in [0.2, 0.25) is 0 Å². The number of aliphatic imine (C=N–C) groups is 1. The summed E-state index contributed by atoms with van der Waals surface area (Å²) in [4.78, 5) is 15.5. The molecule has 6 nitrogen and oxygen atoms in total. The van der Waals surface area contributed by atoms with Crippen LogP contribution in [-0.2, 0) is 6.54 Å². The Hall–Kier alpha value is -2.28. The van der Waals surface area contributed by atoms with E-state index in [-0.39, 0.29) is 0 Å². The van der Waals surface area contributed by atoms with Gasteiger partial charge in [0, 0.05) is 43.3 Å². The van der Waals surface area contributed by atoms with Crippen LogP contribution < -0.4 is 15.0 Å². The molecule has 0 atom stereocenters. The van der Waals surface area contributed by atoms with Gasteiger partial charge < -0.3 is 19.9 Å². The number of methoxy groups -OCH3 is 1. The summed E-state index contributed by atoms with van der Waals surface area (Å²) in [5.41, 5.74) is 2.36. The van der Waals surface area contributed by atoms with E-state index in [4.69, 9.17) is 9.73 Å². The molecule has 0 amide bonds. The van der Waals surface area contributed by atoms with Gasteiger partial charge in [-0.2, -0.15) is 0 Å². The van der Waals surface area contributed by atoms with Crippen LogP contribution in [0.4, 0.5) is 5.69 Å². The van der Waals surface area contributed by atoms with Gasteiger partial charge in [0.1, 0.15) is 10.8 Å². The Morgan fingerprint density at radius 2 is 1.89 bits per heavy atom. The monoisotopic (exact) mass is 387 g/mol. The molecule has 0 unspecified atom stereocenters. The van der Waals surface area contributed by atoms with Crippen LogP contribution in [0.1, 0.15) is 22.5 Å². The summed E-state index contributed by atoms with van der Waals surface area (Å²) >= 11 is 1.74. The third-order valence-corrected chi connectivity index (χ3v) is 5.85. The zero-order chi connectivity index (χ0) is 19.2. The minimum Gasteiger partial charge on any atom is -0.497 e. The topological polar surface area (TPSA) is 53.0 Å². The van der Waals surface area contributed by atoms with E-state index >= 15 is 0 Å². The molecule has 1 saturated heterocycles. The second-order valence-corrected chi connectivity index (χ2v) is 7.88. The third-order valence-electron chi connectivity index (χ3n) is 4.79. The highest BCUT2D eigenvalue weighted by Gasteiger charge is 2.20. The van der Waals surface area contributed by atoms with Crippen molar-refractivity contribution < 1.29 is 4.74 Å². The van der Waals surface area contributed by atoms with E-state index in [9.17, 15) is 0 Å². The van der Waals surface area contributed by atoms with Gasteiger partial charge in [0.15, 0.2) is 5.96 Å². The molecule has 146 valence electrons. The van der Waals surface area contributed by atoms with E-state index in [1.165, 1.54) is 10.6 Å². The summed E-state index contributed by atoms with van der Waals surface area (Å²) in [6.07, 6.45) is 0. The van der Waals surface area contributed by atoms with Gasteiger partial charge in [-0.25, -0.2) is 9.98 Å². The molecule has 1 fully saturated rings. The molecule has 0 radical (unpaired) electrons. The maximum atomic E-state index is 5.25. The minimum absolute atomic E-state index is 0.639. The van der Waals surface area contributed by atoms with E-state index in [0.717, 1.165) is 55.1 Å². The Labute approximate surface area is 165 Å². The Morgan fingerprint density at radius 1 is 1.19 bits per heavy atom. The molecule has 27 heavy (non-hydrogen) atoms. The van der Waals surface area contributed by atoms with Crippen LogP contribution >= 0.6 is 11.3 Å². The summed E-state index contributed by atoms with van der Waals surface area (Å²) in [6, 6.07) is 8.29. The molecule has 0 aliphatic carbocycles. The van der Waals surface area contributed by atoms with Gasteiger partial charge in [-0.1, -0.05) is 0 Å². The first kappa shape index (κ1) is 19.5. The Balaban J connectivity index is 1.61. The SMILES string of the molecule is CCNC(=NCc1nc(C)c(C)s1)N1CCN(c2ccc(OC)cc2)CC1. The zero-order valence-electron chi connectivity index (χ0n) is 16.7. The van der Waals surface area contributed by atoms with Crippen LogP contribution in [0, 0.1) is 13.8 Å². The van der Waals surface area contributed by atoms with Crippen LogP contribution in [-0.4, -0.2) is 55.7 Å². The van der Waals surface area contributed by atoms with Crippen molar-refractivity contribution >= 4 is 23.0 Å². The second kappa shape index (κ2) is 9.08. The molecule has 1 aromatic carbocycles. The zero-order valence-corrected chi connectivity index (χ0v) is 17.5. The molecule has 2 aromatic rings. The van der Waals surface area contributed by atoms with Gasteiger partial charge in [-0.3, -0.25) is 0 Å². The summed E-state index contributed by atoms with van der Waals surface area (Å²) < 4.78 is 5.25. The number of thiazole rings is 1. The highest BCUT2D eigenvalue weighted by Crippen LogP contribution is 2.21. The molecule has 0 saturated carbocycles. The molecule has 1 N–H and O–H groups in total. The fourth-order valence-electron chi connectivity index (χ4n) is 3.14. The van der Waals surface area contributed by atoms with Gasteiger partial charge in [-0.15, -0.1) is 11.3 Å². The fourth-order valence-corrected chi connectivity index (χ4v) is 4.00. The van der Waals surface area contributed by atoms with Crippen molar-refractivity contribution in [1.29, 1.82) is 0 Å². The molecule has 1 aliphatic heterocycles. The number of aryl methyl sites for hydroxylation is 2. The lowest BCUT2D eigenvalue weighted by atomic mass is 10.2. The molecular weight excluding hydrogens is 358 g/mol. The first-order valence-corrected chi connectivity index (χ1v) is 10.3. The number of hydrogen-bond acceptors (Lipinski definition) is 5. The Kier molecular flexibility index (Phi) is 6.55. The lowest BCUT2D eigenvalue weighted by molar-refractivity contribution is 0.372. The van der Waals surface area contributed by atoms with Crippen LogP contribution in [0.3, 0.4) is 0 Å². The van der Waals surface area contributed by atoms with E-state index in [0.29, 0.717) is 6.54 Å². The van der Waals surface area contributed by atoms with E-state index in [1.807, 2.05) is 12.1 Å². The maximum Gasteiger partial charge on any atom is 0.194 e. The number of aromatic nitrogens is 1. The van der Waals surface area contributed by atoms with Crippen molar-refractivity contribution in [3.8, 4) is 5.75 Å². The predicted octanol–water partition coefficient (Wildman–Crippen LogP) is 3.06. The van der Waals surface area contributed by atoms with Crippen molar-refractivity contribution in [2.24, 2.45) is 4.99 Å². The first-order chi connectivity index (χ1) is 13.1. The standard InChI is InChI=1S/C20H29N5OS/c1-5-21-20(22-14-19-23-15(2)16(3)27-19)25-12-10-24(11-13-25)17-6-8-18(26-4)9-7-17/h6-9H,5,10-14H2,1-4H3,(H,21,22). The minimum atomic E-state index is 0.639. The first-order valence-electron chi connectivity index (χ1n) is 9.46. The van der Waals surface area contributed by atoms with Crippen LogP contribution in [0.25, 0.3) is 0 Å². The smallest absolute Gasteiger partial charge is 0.194 e. The van der Waals surface area contributed by atoms with E-state index in [1.54, 1.807) is 18.4 Å². The summed E-state index contributed by atoms with van der Waals surface area (Å²) in [5, 5.41) is 4.51. The number of benzene rings is 1. The number of nitrogens with one attached hydrogen (secondary N) is 1. The number of nitrogens with zero attached hydrogens (tertiary/aromatic N) is 4. The predicted molar refractivity (Wildman–Crippen MR) is 113 cm³/mol. The quantitative estimate of drug-likeness (QED) is 0.631. The molecule has 2 heterocycles. The molecular formula is C20H29N5OS. The van der Waals surface area contributed by atoms with Gasteiger partial charge in [-0.05, 0) is 45.0 Å². The van der Waals surface area contributed by atoms with Gasteiger partial charge in [0.05, 0.1) is 19.3 Å². The summed E-state index contributed by atoms with van der Waals surface area (Å²) in [7, 11) is 1.70. The number of piperazine rings is 1. The summed E-state index contributed by atoms with van der Waals surface area (Å²) in [6.45, 7) is 11.7. The number of ether oxygens (including phenoxy) is 1.